The average Bonchev–Trinajstić information content (AvgIpc) is 3.37. The molecule has 5 rings (SSSR count). The Balaban J connectivity index is 1.83. The predicted octanol–water partition coefficient (Wildman–Crippen LogP) is 3.05. The van der Waals surface area contributed by atoms with Gasteiger partial charge in [0.05, 0.1) is 26.5 Å². The molecule has 1 aliphatic rings. The van der Waals surface area contributed by atoms with Crippen LogP contribution in [0.3, 0.4) is 0 Å². The number of nitrogens with one attached hydrogen (secondary N) is 1. The van der Waals surface area contributed by atoms with Crippen molar-refractivity contribution in [3.8, 4) is 0 Å². The number of hydrogen-bond acceptors (Lipinski definition) is 6. The molecule has 0 fully saturated rings. The molecule has 1 N–H and O–H groups in total. The van der Waals surface area contributed by atoms with E-state index in [1.807, 2.05) is 0 Å². The molecule has 164 valence electrons. The Kier molecular flexibility index (Phi) is 4.18. The van der Waals surface area contributed by atoms with Crippen molar-refractivity contribution >= 4 is 56.1 Å². The van der Waals surface area contributed by atoms with Crippen LogP contribution in [0.2, 0.25) is 0 Å². The number of hydrogen-bond donors (Lipinski definition) is 1. The summed E-state index contributed by atoms with van der Waals surface area (Å²) in [7, 11) is 3.43. The maximum atomic E-state index is 12.9. The van der Waals surface area contributed by atoms with Gasteiger partial charge in [0.1, 0.15) is 0 Å². The first-order valence-corrected chi connectivity index (χ1v) is 9.75. The lowest BCUT2D eigenvalue weighted by Gasteiger charge is -2.03. The number of rotatable bonds is 4. The van der Waals surface area contributed by atoms with Crippen LogP contribution in [0.25, 0.3) is 33.0 Å². The van der Waals surface area contributed by atoms with Crippen LogP contribution in [-0.4, -0.2) is 30.8 Å². The Hall–Kier alpha value is -4.80. The average molecular weight is 445 g/mol. The van der Waals surface area contributed by atoms with E-state index in [4.69, 9.17) is 0 Å². The number of nitrogens with zero attached hydrogens (tertiary/aromatic N) is 4. The van der Waals surface area contributed by atoms with E-state index in [0.29, 0.717) is 32.9 Å². The van der Waals surface area contributed by atoms with Gasteiger partial charge >= 0.3 is 0 Å². The Morgan fingerprint density at radius 2 is 1.24 bits per heavy atom. The van der Waals surface area contributed by atoms with Crippen LogP contribution in [0.1, 0.15) is 11.1 Å². The Morgan fingerprint density at radius 3 is 1.85 bits per heavy atom. The second kappa shape index (κ2) is 6.85. The Labute approximate surface area is 184 Å². The molecule has 0 saturated carbocycles. The van der Waals surface area contributed by atoms with Gasteiger partial charge in [0.15, 0.2) is 0 Å². The van der Waals surface area contributed by atoms with Crippen LogP contribution in [0, 0.1) is 20.2 Å². The second-order valence-corrected chi connectivity index (χ2v) is 7.76. The van der Waals surface area contributed by atoms with Crippen molar-refractivity contribution in [2.24, 2.45) is 14.1 Å². The summed E-state index contributed by atoms with van der Waals surface area (Å²) in [5, 5.41) is 25.8. The SMILES string of the molecule is Cn1cc(C2=C(c3cn(C)c4cc([N+](=O)[O-])ccc34)C(=O)NC2=O)c2cc([N+](=O)[O-])ccc21. The quantitative estimate of drug-likeness (QED) is 0.291. The van der Waals surface area contributed by atoms with Crippen LogP contribution in [0.15, 0.2) is 48.8 Å². The first-order valence-electron chi connectivity index (χ1n) is 9.75. The van der Waals surface area contributed by atoms with Crippen LogP contribution >= 0.6 is 0 Å². The zero-order valence-electron chi connectivity index (χ0n) is 17.4. The first kappa shape index (κ1) is 20.1. The van der Waals surface area contributed by atoms with Crippen molar-refractivity contribution in [3.05, 3.63) is 80.1 Å². The largest absolute Gasteiger partial charge is 0.350 e. The maximum Gasteiger partial charge on any atom is 0.271 e. The van der Waals surface area contributed by atoms with Crippen molar-refractivity contribution in [2.45, 2.75) is 0 Å². The highest BCUT2D eigenvalue weighted by molar-refractivity contribution is 6.50. The van der Waals surface area contributed by atoms with Gasteiger partial charge in [-0.1, -0.05) is 0 Å². The molecule has 33 heavy (non-hydrogen) atoms. The zero-order valence-corrected chi connectivity index (χ0v) is 17.4. The van der Waals surface area contributed by atoms with Crippen molar-refractivity contribution in [1.82, 2.24) is 14.5 Å². The molecule has 11 nitrogen and oxygen atoms in total. The molecule has 2 aromatic heterocycles. The van der Waals surface area contributed by atoms with Gasteiger partial charge in [0, 0.05) is 78.2 Å². The number of non-ortho nitro benzene ring substituents is 2. The van der Waals surface area contributed by atoms with E-state index in [0.717, 1.165) is 0 Å². The van der Waals surface area contributed by atoms with Crippen molar-refractivity contribution < 1.29 is 19.4 Å². The number of nitro groups is 2. The summed E-state index contributed by atoms with van der Waals surface area (Å²) >= 11 is 0. The molecule has 0 bridgehead atoms. The van der Waals surface area contributed by atoms with E-state index in [1.54, 1.807) is 41.7 Å². The Morgan fingerprint density at radius 1 is 0.727 bits per heavy atom. The summed E-state index contributed by atoms with van der Waals surface area (Å²) in [4.78, 5) is 47.3. The molecule has 0 aliphatic carbocycles. The fraction of sp³-hybridized carbons (Fsp3) is 0.0909. The minimum atomic E-state index is -0.618. The van der Waals surface area contributed by atoms with Crippen molar-refractivity contribution in [3.63, 3.8) is 0 Å². The molecule has 0 unspecified atom stereocenters. The third-order valence-corrected chi connectivity index (χ3v) is 5.84. The van der Waals surface area contributed by atoms with Crippen molar-refractivity contribution in [2.75, 3.05) is 0 Å². The standard InChI is InChI=1S/C22H15N5O6/c1-24-10-16(14-7-11(26(30)31)4-6-17(14)24)20-19(21(28)23-22(20)29)15-9-25(2)18-8-12(27(32)33)3-5-13(15)18/h3-10H,1-2H3,(H,23,28,29). The number of aromatic nitrogens is 2. The van der Waals surface area contributed by atoms with E-state index < -0.39 is 21.7 Å². The smallest absolute Gasteiger partial charge is 0.271 e. The van der Waals surface area contributed by atoms with Crippen LogP contribution in [0.4, 0.5) is 11.4 Å². The fourth-order valence-corrected chi connectivity index (χ4v) is 4.35. The van der Waals surface area contributed by atoms with Gasteiger partial charge in [0.2, 0.25) is 0 Å². The van der Waals surface area contributed by atoms with Gasteiger partial charge < -0.3 is 9.13 Å². The normalized spacial score (nSPS) is 13.9. The summed E-state index contributed by atoms with van der Waals surface area (Å²) in [5.41, 5.74) is 1.96. The Bertz CT molecular complexity index is 1610. The van der Waals surface area contributed by atoms with Gasteiger partial charge in [-0.05, 0) is 12.1 Å². The predicted molar refractivity (Wildman–Crippen MR) is 119 cm³/mol. The van der Waals surface area contributed by atoms with E-state index in [2.05, 4.69) is 5.32 Å². The number of carbonyl (C=O) groups excluding carboxylic acids is 2. The topological polar surface area (TPSA) is 142 Å². The number of fused-ring (bicyclic) bond motifs is 2. The first-order chi connectivity index (χ1) is 15.7. The summed E-state index contributed by atoms with van der Waals surface area (Å²) in [6.07, 6.45) is 3.29. The molecule has 0 saturated heterocycles. The van der Waals surface area contributed by atoms with E-state index in [9.17, 15) is 29.8 Å². The molecule has 0 atom stereocenters. The van der Waals surface area contributed by atoms with Gasteiger partial charge in [-0.25, -0.2) is 0 Å². The summed E-state index contributed by atoms with van der Waals surface area (Å²) in [6.45, 7) is 0. The third-order valence-electron chi connectivity index (χ3n) is 5.84. The van der Waals surface area contributed by atoms with Gasteiger partial charge in [-0.15, -0.1) is 0 Å². The van der Waals surface area contributed by atoms with E-state index >= 15 is 0 Å². The monoisotopic (exact) mass is 445 g/mol. The fourth-order valence-electron chi connectivity index (χ4n) is 4.35. The van der Waals surface area contributed by atoms with Gasteiger partial charge in [-0.2, -0.15) is 0 Å². The summed E-state index contributed by atoms with van der Waals surface area (Å²) < 4.78 is 3.37. The highest BCUT2D eigenvalue weighted by Gasteiger charge is 2.35. The molecule has 1 aliphatic heterocycles. The summed E-state index contributed by atoms with van der Waals surface area (Å²) in [5.74, 6) is -1.23. The molecular formula is C22H15N5O6. The second-order valence-electron chi connectivity index (χ2n) is 7.76. The minimum Gasteiger partial charge on any atom is -0.350 e. The zero-order chi connectivity index (χ0) is 23.6. The lowest BCUT2D eigenvalue weighted by molar-refractivity contribution is -0.384. The molecule has 4 aromatic rings. The number of amides is 2. The highest BCUT2D eigenvalue weighted by atomic mass is 16.6. The van der Waals surface area contributed by atoms with E-state index in [1.165, 1.54) is 30.3 Å². The lowest BCUT2D eigenvalue weighted by atomic mass is 9.95. The minimum absolute atomic E-state index is 0.0944. The van der Waals surface area contributed by atoms with Crippen LogP contribution in [-0.2, 0) is 23.7 Å². The molecule has 2 amide bonds. The van der Waals surface area contributed by atoms with Gasteiger partial charge in [-0.3, -0.25) is 35.1 Å². The molecule has 0 spiro atoms. The van der Waals surface area contributed by atoms with Crippen LogP contribution < -0.4 is 5.32 Å². The molecule has 11 heteroatoms. The molecule has 0 radical (unpaired) electrons. The number of aryl methyl sites for hydroxylation is 2. The van der Waals surface area contributed by atoms with Crippen LogP contribution in [0.5, 0.6) is 0 Å². The van der Waals surface area contributed by atoms with Gasteiger partial charge in [0.25, 0.3) is 23.2 Å². The molecular weight excluding hydrogens is 430 g/mol. The molecule has 2 aromatic carbocycles. The number of benzene rings is 2. The number of nitro benzene ring substituents is 2. The molecule has 3 heterocycles. The third kappa shape index (κ3) is 2.90. The number of imide groups is 1. The highest BCUT2D eigenvalue weighted by Crippen LogP contribution is 2.39. The van der Waals surface area contributed by atoms with E-state index in [-0.39, 0.29) is 22.5 Å². The maximum absolute atomic E-state index is 12.9. The summed E-state index contributed by atoms with van der Waals surface area (Å²) in [6, 6.07) is 8.61. The number of carbonyl (C=O) groups is 2. The van der Waals surface area contributed by atoms with Crippen molar-refractivity contribution in [1.29, 1.82) is 0 Å². The lowest BCUT2D eigenvalue weighted by Crippen LogP contribution is -2.22.